The quantitative estimate of drug-likeness (QED) is 0.578. The van der Waals surface area contributed by atoms with Gasteiger partial charge in [-0.1, -0.05) is 5.16 Å². The first-order valence-electron chi connectivity index (χ1n) is 7.80. The predicted octanol–water partition coefficient (Wildman–Crippen LogP) is 1.94. The summed E-state index contributed by atoms with van der Waals surface area (Å²) >= 11 is 1.35. The molecule has 0 atom stereocenters. The van der Waals surface area contributed by atoms with Crippen LogP contribution in [0.1, 0.15) is 10.5 Å². The van der Waals surface area contributed by atoms with Crippen LogP contribution in [-0.4, -0.2) is 32.1 Å². The summed E-state index contributed by atoms with van der Waals surface area (Å²) in [5.74, 6) is 0.0916. The molecule has 0 aliphatic carbocycles. The van der Waals surface area contributed by atoms with E-state index < -0.39 is 0 Å². The van der Waals surface area contributed by atoms with Crippen molar-refractivity contribution < 1.29 is 9.32 Å². The molecule has 130 valence electrons. The van der Waals surface area contributed by atoms with Gasteiger partial charge in [0.2, 0.25) is 0 Å². The molecule has 0 aliphatic heterocycles. The molecule has 26 heavy (non-hydrogen) atoms. The first-order valence-corrected chi connectivity index (χ1v) is 8.68. The van der Waals surface area contributed by atoms with E-state index in [0.717, 1.165) is 5.56 Å². The van der Waals surface area contributed by atoms with Gasteiger partial charge in [-0.2, -0.15) is 0 Å². The second kappa shape index (κ2) is 6.89. The zero-order valence-corrected chi connectivity index (χ0v) is 14.3. The minimum absolute atomic E-state index is 0.112. The molecule has 4 heterocycles. The van der Waals surface area contributed by atoms with Gasteiger partial charge in [-0.25, -0.2) is 4.98 Å². The minimum Gasteiger partial charge on any atom is -0.355 e. The SMILES string of the molecule is O=C(NCCn1cnc2ccsc2c1=O)c1cc(-c2cccnc2)on1. The summed E-state index contributed by atoms with van der Waals surface area (Å²) in [5, 5.41) is 8.32. The van der Waals surface area contributed by atoms with E-state index in [9.17, 15) is 9.59 Å². The lowest BCUT2D eigenvalue weighted by Crippen LogP contribution is -2.30. The molecule has 1 N–H and O–H groups in total. The van der Waals surface area contributed by atoms with Gasteiger partial charge in [0.25, 0.3) is 11.5 Å². The van der Waals surface area contributed by atoms with E-state index >= 15 is 0 Å². The Hall–Kier alpha value is -3.33. The van der Waals surface area contributed by atoms with E-state index in [4.69, 9.17) is 4.52 Å². The average Bonchev–Trinajstić information content (AvgIpc) is 3.34. The maximum Gasteiger partial charge on any atom is 0.273 e. The highest BCUT2D eigenvalue weighted by atomic mass is 32.1. The van der Waals surface area contributed by atoms with Crippen LogP contribution in [-0.2, 0) is 6.54 Å². The molecule has 0 spiro atoms. The molecule has 0 aliphatic rings. The summed E-state index contributed by atoms with van der Waals surface area (Å²) in [6.45, 7) is 0.588. The number of thiophene rings is 1. The zero-order chi connectivity index (χ0) is 17.9. The van der Waals surface area contributed by atoms with Crippen molar-refractivity contribution in [2.45, 2.75) is 6.54 Å². The normalized spacial score (nSPS) is 10.9. The average molecular weight is 367 g/mol. The van der Waals surface area contributed by atoms with Crippen LogP contribution < -0.4 is 10.9 Å². The van der Waals surface area contributed by atoms with Crippen molar-refractivity contribution in [2.75, 3.05) is 6.54 Å². The third kappa shape index (κ3) is 3.11. The Morgan fingerprint density at radius 2 is 2.27 bits per heavy atom. The molecule has 4 aromatic rings. The molecule has 0 saturated carbocycles. The highest BCUT2D eigenvalue weighted by Gasteiger charge is 2.13. The molecule has 4 aromatic heterocycles. The van der Waals surface area contributed by atoms with Gasteiger partial charge in [-0.15, -0.1) is 11.3 Å². The number of carbonyl (C=O) groups excluding carboxylic acids is 1. The van der Waals surface area contributed by atoms with Crippen molar-refractivity contribution in [1.82, 2.24) is 25.0 Å². The van der Waals surface area contributed by atoms with Crippen LogP contribution in [0.15, 0.2) is 57.7 Å². The van der Waals surface area contributed by atoms with Gasteiger partial charge in [0.05, 0.1) is 11.8 Å². The van der Waals surface area contributed by atoms with Crippen LogP contribution in [0.3, 0.4) is 0 Å². The van der Waals surface area contributed by atoms with Crippen molar-refractivity contribution >= 4 is 27.5 Å². The lowest BCUT2D eigenvalue weighted by Gasteiger charge is -2.05. The molecule has 0 bridgehead atoms. The molecule has 1 amide bonds. The van der Waals surface area contributed by atoms with Crippen molar-refractivity contribution in [2.24, 2.45) is 0 Å². The summed E-state index contributed by atoms with van der Waals surface area (Å²) in [6, 6.07) is 6.94. The number of hydrogen-bond donors (Lipinski definition) is 1. The van der Waals surface area contributed by atoms with Gasteiger partial charge in [0.15, 0.2) is 11.5 Å². The maximum atomic E-state index is 12.3. The Balaban J connectivity index is 1.40. The molecule has 0 aromatic carbocycles. The number of nitrogens with one attached hydrogen (secondary N) is 1. The lowest BCUT2D eigenvalue weighted by molar-refractivity contribution is 0.0943. The number of amides is 1. The molecule has 9 heteroatoms. The van der Waals surface area contributed by atoms with Gasteiger partial charge in [0.1, 0.15) is 4.70 Å². The number of pyridine rings is 1. The fourth-order valence-corrected chi connectivity index (χ4v) is 3.24. The second-order valence-corrected chi connectivity index (χ2v) is 6.37. The Kier molecular flexibility index (Phi) is 4.28. The smallest absolute Gasteiger partial charge is 0.273 e. The minimum atomic E-state index is -0.373. The van der Waals surface area contributed by atoms with Crippen LogP contribution >= 0.6 is 11.3 Å². The fraction of sp³-hybridized carbons (Fsp3) is 0.118. The molecule has 4 rings (SSSR count). The van der Waals surface area contributed by atoms with E-state index in [-0.39, 0.29) is 23.7 Å². The van der Waals surface area contributed by atoms with Crippen LogP contribution in [0.4, 0.5) is 0 Å². The van der Waals surface area contributed by atoms with Gasteiger partial charge in [0, 0.05) is 37.1 Å². The first-order chi connectivity index (χ1) is 12.7. The summed E-state index contributed by atoms with van der Waals surface area (Å²) in [6.07, 6.45) is 4.76. The number of rotatable bonds is 5. The second-order valence-electron chi connectivity index (χ2n) is 5.45. The van der Waals surface area contributed by atoms with E-state index in [2.05, 4.69) is 20.4 Å². The van der Waals surface area contributed by atoms with Gasteiger partial charge >= 0.3 is 0 Å². The summed E-state index contributed by atoms with van der Waals surface area (Å²) in [4.78, 5) is 32.7. The predicted molar refractivity (Wildman–Crippen MR) is 95.9 cm³/mol. The third-order valence-electron chi connectivity index (χ3n) is 3.76. The maximum absolute atomic E-state index is 12.3. The Morgan fingerprint density at radius 3 is 3.12 bits per heavy atom. The van der Waals surface area contributed by atoms with Gasteiger partial charge in [-0.05, 0) is 23.6 Å². The van der Waals surface area contributed by atoms with Crippen LogP contribution in [0.2, 0.25) is 0 Å². The van der Waals surface area contributed by atoms with Crippen molar-refractivity contribution in [1.29, 1.82) is 0 Å². The van der Waals surface area contributed by atoms with Crippen molar-refractivity contribution in [3.8, 4) is 11.3 Å². The monoisotopic (exact) mass is 367 g/mol. The summed E-state index contributed by atoms with van der Waals surface area (Å²) < 4.78 is 7.26. The highest BCUT2D eigenvalue weighted by molar-refractivity contribution is 7.17. The third-order valence-corrected chi connectivity index (χ3v) is 4.65. The zero-order valence-electron chi connectivity index (χ0n) is 13.5. The number of nitrogens with zero attached hydrogens (tertiary/aromatic N) is 4. The molecule has 0 radical (unpaired) electrons. The summed E-state index contributed by atoms with van der Waals surface area (Å²) in [7, 11) is 0. The van der Waals surface area contributed by atoms with Gasteiger partial charge < -0.3 is 9.84 Å². The van der Waals surface area contributed by atoms with Crippen LogP contribution in [0.5, 0.6) is 0 Å². The summed E-state index contributed by atoms with van der Waals surface area (Å²) in [5.41, 5.74) is 1.48. The van der Waals surface area contributed by atoms with Gasteiger partial charge in [-0.3, -0.25) is 19.1 Å². The largest absolute Gasteiger partial charge is 0.355 e. The first kappa shape index (κ1) is 16.2. The lowest BCUT2D eigenvalue weighted by atomic mass is 10.2. The van der Waals surface area contributed by atoms with E-state index in [0.29, 0.717) is 22.5 Å². The number of hydrogen-bond acceptors (Lipinski definition) is 7. The number of aromatic nitrogens is 4. The van der Waals surface area contributed by atoms with Crippen LogP contribution in [0, 0.1) is 0 Å². The van der Waals surface area contributed by atoms with E-state index in [1.54, 1.807) is 30.6 Å². The highest BCUT2D eigenvalue weighted by Crippen LogP contribution is 2.18. The Bertz CT molecular complexity index is 1120. The van der Waals surface area contributed by atoms with E-state index in [1.165, 1.54) is 22.2 Å². The number of carbonyl (C=O) groups is 1. The molecule has 0 saturated heterocycles. The van der Waals surface area contributed by atoms with Crippen LogP contribution in [0.25, 0.3) is 21.5 Å². The molecule has 8 nitrogen and oxygen atoms in total. The van der Waals surface area contributed by atoms with Crippen molar-refractivity contribution in [3.05, 3.63) is 64.4 Å². The van der Waals surface area contributed by atoms with E-state index in [1.807, 2.05) is 11.4 Å². The van der Waals surface area contributed by atoms with Crippen molar-refractivity contribution in [3.63, 3.8) is 0 Å². The standard InChI is InChI=1S/C17H13N5O3S/c23-16(13-8-14(25-21-13)11-2-1-4-18-9-11)19-5-6-22-10-20-12-3-7-26-15(12)17(22)24/h1-4,7-10H,5-6H2,(H,19,23). The number of fused-ring (bicyclic) bond motifs is 1. The Labute approximate surface area is 151 Å². The molecule has 0 unspecified atom stereocenters. The topological polar surface area (TPSA) is 103 Å². The molecular weight excluding hydrogens is 354 g/mol. The molecular formula is C17H13N5O3S. The molecule has 0 fully saturated rings. The fourth-order valence-electron chi connectivity index (χ4n) is 2.45. The Morgan fingerprint density at radius 1 is 1.35 bits per heavy atom.